The number of benzene rings is 2. The zero-order chi connectivity index (χ0) is 24.0. The number of anilines is 1. The molecule has 0 radical (unpaired) electrons. The van der Waals surface area contributed by atoms with Gasteiger partial charge < -0.3 is 25.0 Å². The molecule has 3 amide bonds. The van der Waals surface area contributed by atoms with Crippen LogP contribution in [0.1, 0.15) is 30.5 Å². The standard InChI is InChI=1S/C24H27N3O6/c1-15-8-10-17(11-9-15)18(26-16(2)28)12-23(30)32-14-22(29)27-13-21(24(31)25-3)33-20-7-5-4-6-19(20)27/h4-11,18,21H,12-14H2,1-3H3,(H,25,31)(H,26,28). The van der Waals surface area contributed by atoms with Gasteiger partial charge in [0.15, 0.2) is 12.7 Å². The molecule has 2 N–H and O–H groups in total. The molecule has 0 fully saturated rings. The molecular formula is C24H27N3O6. The number of nitrogens with one attached hydrogen (secondary N) is 2. The number of carbonyl (C=O) groups excluding carboxylic acids is 4. The molecule has 3 rings (SSSR count). The maximum Gasteiger partial charge on any atom is 0.308 e. The molecule has 0 saturated heterocycles. The second-order valence-electron chi connectivity index (χ2n) is 7.72. The van der Waals surface area contributed by atoms with Crippen LogP contribution in [0.25, 0.3) is 0 Å². The Morgan fingerprint density at radius 2 is 1.82 bits per heavy atom. The van der Waals surface area contributed by atoms with Crippen LogP contribution in [0.2, 0.25) is 0 Å². The highest BCUT2D eigenvalue weighted by molar-refractivity contribution is 5.98. The fraction of sp³-hybridized carbons (Fsp3) is 0.333. The van der Waals surface area contributed by atoms with Gasteiger partial charge in [-0.25, -0.2) is 0 Å². The number of fused-ring (bicyclic) bond motifs is 1. The van der Waals surface area contributed by atoms with Crippen LogP contribution in [-0.2, 0) is 23.9 Å². The van der Waals surface area contributed by atoms with Crippen LogP contribution in [0.15, 0.2) is 48.5 Å². The number of hydrogen-bond acceptors (Lipinski definition) is 6. The van der Waals surface area contributed by atoms with Gasteiger partial charge in [-0.1, -0.05) is 42.0 Å². The van der Waals surface area contributed by atoms with Gasteiger partial charge in [0, 0.05) is 14.0 Å². The highest BCUT2D eigenvalue weighted by atomic mass is 16.5. The van der Waals surface area contributed by atoms with E-state index in [-0.39, 0.29) is 24.8 Å². The summed E-state index contributed by atoms with van der Waals surface area (Å²) in [6, 6.07) is 13.7. The predicted octanol–water partition coefficient (Wildman–Crippen LogP) is 1.65. The van der Waals surface area contributed by atoms with Crippen LogP contribution >= 0.6 is 0 Å². The van der Waals surface area contributed by atoms with Crippen molar-refractivity contribution in [1.29, 1.82) is 0 Å². The Bertz CT molecular complexity index is 1040. The third kappa shape index (κ3) is 6.09. The highest BCUT2D eigenvalue weighted by Crippen LogP contribution is 2.33. The maximum atomic E-state index is 12.9. The fourth-order valence-corrected chi connectivity index (χ4v) is 3.51. The number of rotatable bonds is 7. The number of nitrogens with zero attached hydrogens (tertiary/aromatic N) is 1. The Morgan fingerprint density at radius 1 is 1.12 bits per heavy atom. The fourth-order valence-electron chi connectivity index (χ4n) is 3.51. The lowest BCUT2D eigenvalue weighted by molar-refractivity contribution is -0.148. The third-order valence-electron chi connectivity index (χ3n) is 5.20. The van der Waals surface area contributed by atoms with Gasteiger partial charge in [0.25, 0.3) is 11.8 Å². The Balaban J connectivity index is 1.66. The molecule has 2 unspecified atom stereocenters. The molecule has 2 aromatic carbocycles. The summed E-state index contributed by atoms with van der Waals surface area (Å²) in [7, 11) is 1.49. The first kappa shape index (κ1) is 23.8. The summed E-state index contributed by atoms with van der Waals surface area (Å²) < 4.78 is 10.9. The molecule has 33 heavy (non-hydrogen) atoms. The Kier molecular flexibility index (Phi) is 7.66. The van der Waals surface area contributed by atoms with Gasteiger partial charge in [0.2, 0.25) is 5.91 Å². The van der Waals surface area contributed by atoms with Crippen LogP contribution in [0.5, 0.6) is 5.75 Å². The first-order valence-electron chi connectivity index (χ1n) is 10.6. The normalized spacial score (nSPS) is 15.5. The van der Waals surface area contributed by atoms with E-state index >= 15 is 0 Å². The van der Waals surface area contributed by atoms with Gasteiger partial charge in [0.1, 0.15) is 5.75 Å². The topological polar surface area (TPSA) is 114 Å². The molecule has 2 aromatic rings. The van der Waals surface area contributed by atoms with E-state index in [9.17, 15) is 19.2 Å². The van der Waals surface area contributed by atoms with Crippen molar-refractivity contribution in [3.63, 3.8) is 0 Å². The summed E-state index contributed by atoms with van der Waals surface area (Å²) in [4.78, 5) is 50.4. The van der Waals surface area contributed by atoms with Crippen molar-refractivity contribution in [3.8, 4) is 5.75 Å². The second kappa shape index (κ2) is 10.6. The Hall–Kier alpha value is -3.88. The number of esters is 1. The van der Waals surface area contributed by atoms with Crippen molar-refractivity contribution >= 4 is 29.4 Å². The van der Waals surface area contributed by atoms with Crippen molar-refractivity contribution in [2.75, 3.05) is 25.1 Å². The van der Waals surface area contributed by atoms with Crippen molar-refractivity contribution < 1.29 is 28.7 Å². The summed E-state index contributed by atoms with van der Waals surface area (Å²) in [6.45, 7) is 2.80. The number of amides is 3. The number of aryl methyl sites for hydroxylation is 1. The monoisotopic (exact) mass is 453 g/mol. The van der Waals surface area contributed by atoms with E-state index in [1.165, 1.54) is 18.9 Å². The number of hydrogen-bond donors (Lipinski definition) is 2. The number of ether oxygens (including phenoxy) is 2. The minimum atomic E-state index is -0.879. The Labute approximate surface area is 192 Å². The molecule has 0 aliphatic carbocycles. The van der Waals surface area contributed by atoms with Crippen LogP contribution in [0.3, 0.4) is 0 Å². The van der Waals surface area contributed by atoms with Crippen LogP contribution in [-0.4, -0.2) is 50.0 Å². The van der Waals surface area contributed by atoms with Gasteiger partial charge in [-0.15, -0.1) is 0 Å². The number of likely N-dealkylation sites (N-methyl/N-ethyl adjacent to an activating group) is 1. The van der Waals surface area contributed by atoms with E-state index in [2.05, 4.69) is 10.6 Å². The largest absolute Gasteiger partial charge is 0.477 e. The number of para-hydroxylation sites is 2. The molecule has 174 valence electrons. The average molecular weight is 453 g/mol. The summed E-state index contributed by atoms with van der Waals surface area (Å²) in [6.07, 6.45) is -1.01. The molecule has 9 heteroatoms. The van der Waals surface area contributed by atoms with Gasteiger partial charge in [-0.3, -0.25) is 19.2 Å². The molecule has 0 saturated carbocycles. The second-order valence-corrected chi connectivity index (χ2v) is 7.72. The van der Waals surface area contributed by atoms with E-state index < -0.39 is 30.6 Å². The summed E-state index contributed by atoms with van der Waals surface area (Å²) in [5, 5.41) is 5.25. The van der Waals surface area contributed by atoms with Gasteiger partial charge >= 0.3 is 5.97 Å². The lowest BCUT2D eigenvalue weighted by atomic mass is 10.0. The summed E-state index contributed by atoms with van der Waals surface area (Å²) >= 11 is 0. The molecule has 0 bridgehead atoms. The molecule has 1 aliphatic rings. The minimum absolute atomic E-state index is 0.00897. The molecule has 0 spiro atoms. The SMILES string of the molecule is CNC(=O)C1CN(C(=O)COC(=O)CC(NC(C)=O)c2ccc(C)cc2)c2ccccc2O1. The third-order valence-corrected chi connectivity index (χ3v) is 5.20. The van der Waals surface area contributed by atoms with Gasteiger partial charge in [-0.05, 0) is 24.6 Å². The summed E-state index contributed by atoms with van der Waals surface area (Å²) in [5.41, 5.74) is 2.30. The molecule has 1 heterocycles. The maximum absolute atomic E-state index is 12.9. The van der Waals surface area contributed by atoms with Gasteiger partial charge in [-0.2, -0.15) is 0 Å². The molecule has 1 aliphatic heterocycles. The van der Waals surface area contributed by atoms with Crippen molar-refractivity contribution in [2.45, 2.75) is 32.4 Å². The van der Waals surface area contributed by atoms with Crippen molar-refractivity contribution in [2.24, 2.45) is 0 Å². The molecule has 2 atom stereocenters. The lowest BCUT2D eigenvalue weighted by Gasteiger charge is -2.33. The van der Waals surface area contributed by atoms with E-state index in [1.54, 1.807) is 24.3 Å². The molecular weight excluding hydrogens is 426 g/mol. The van der Waals surface area contributed by atoms with Crippen molar-refractivity contribution in [3.05, 3.63) is 59.7 Å². The summed E-state index contributed by atoms with van der Waals surface area (Å²) in [5.74, 6) is -1.38. The lowest BCUT2D eigenvalue weighted by Crippen LogP contribution is -2.51. The first-order chi connectivity index (χ1) is 15.8. The first-order valence-corrected chi connectivity index (χ1v) is 10.6. The highest BCUT2D eigenvalue weighted by Gasteiger charge is 2.33. The van der Waals surface area contributed by atoms with Crippen LogP contribution in [0, 0.1) is 6.92 Å². The minimum Gasteiger partial charge on any atom is -0.477 e. The van der Waals surface area contributed by atoms with Gasteiger partial charge in [0.05, 0.1) is 24.7 Å². The van der Waals surface area contributed by atoms with Crippen molar-refractivity contribution in [1.82, 2.24) is 10.6 Å². The van der Waals surface area contributed by atoms with E-state index in [0.29, 0.717) is 11.4 Å². The Morgan fingerprint density at radius 3 is 2.48 bits per heavy atom. The number of carbonyl (C=O) groups is 4. The quantitative estimate of drug-likeness (QED) is 0.616. The van der Waals surface area contributed by atoms with E-state index in [0.717, 1.165) is 11.1 Å². The average Bonchev–Trinajstić information content (AvgIpc) is 2.81. The van der Waals surface area contributed by atoms with E-state index in [4.69, 9.17) is 9.47 Å². The van der Waals surface area contributed by atoms with Crippen LogP contribution < -0.4 is 20.3 Å². The zero-order valence-corrected chi connectivity index (χ0v) is 18.8. The molecule has 9 nitrogen and oxygen atoms in total. The predicted molar refractivity (Wildman–Crippen MR) is 121 cm³/mol. The molecule has 0 aromatic heterocycles. The van der Waals surface area contributed by atoms with E-state index in [1.807, 2.05) is 31.2 Å². The smallest absolute Gasteiger partial charge is 0.308 e. The van der Waals surface area contributed by atoms with Crippen LogP contribution in [0.4, 0.5) is 5.69 Å². The zero-order valence-electron chi connectivity index (χ0n) is 18.8.